The number of halogens is 2. The lowest BCUT2D eigenvalue weighted by Crippen LogP contribution is -2.42. The quantitative estimate of drug-likeness (QED) is 0.387. The van der Waals surface area contributed by atoms with E-state index in [0.717, 1.165) is 16.5 Å². The molecule has 7 heteroatoms. The molecule has 0 bridgehead atoms. The molecule has 0 aliphatic carbocycles. The predicted molar refractivity (Wildman–Crippen MR) is 126 cm³/mol. The van der Waals surface area contributed by atoms with E-state index in [-0.39, 0.29) is 6.42 Å². The monoisotopic (exact) mass is 464 g/mol. The Morgan fingerprint density at radius 3 is 2.31 bits per heavy atom. The van der Waals surface area contributed by atoms with Gasteiger partial charge in [-0.3, -0.25) is 4.79 Å². The Kier molecular flexibility index (Phi) is 6.40. The first-order valence-corrected chi connectivity index (χ1v) is 10.6. The number of nitrogens with zero attached hydrogens (tertiary/aromatic N) is 1. The molecule has 0 saturated carbocycles. The van der Waals surface area contributed by atoms with Gasteiger partial charge < -0.3 is 10.4 Å². The fourth-order valence-electron chi connectivity index (χ4n) is 3.45. The van der Waals surface area contributed by atoms with E-state index >= 15 is 0 Å². The zero-order valence-corrected chi connectivity index (χ0v) is 18.3. The van der Waals surface area contributed by atoms with Crippen LogP contribution in [-0.4, -0.2) is 28.0 Å². The van der Waals surface area contributed by atoms with Crippen LogP contribution in [0.2, 0.25) is 10.0 Å². The molecule has 1 heterocycles. The third-order valence-corrected chi connectivity index (χ3v) is 5.68. The van der Waals surface area contributed by atoms with Crippen LogP contribution in [0.1, 0.15) is 15.9 Å². The van der Waals surface area contributed by atoms with Crippen LogP contribution in [0.4, 0.5) is 0 Å². The van der Waals surface area contributed by atoms with Crippen LogP contribution >= 0.6 is 23.2 Å². The zero-order valence-electron chi connectivity index (χ0n) is 16.8. The SMILES string of the molecule is O=C(NC(Cc1ccc2nc(-c3c(Cl)cccc3Cl)ccc2c1)C(=O)O)c1ccccc1. The van der Waals surface area contributed by atoms with E-state index in [1.54, 1.807) is 54.6 Å². The number of pyridine rings is 1. The molecule has 2 N–H and O–H groups in total. The molecule has 0 saturated heterocycles. The molecule has 1 aromatic heterocycles. The van der Waals surface area contributed by atoms with Crippen molar-refractivity contribution in [3.8, 4) is 11.3 Å². The number of amides is 1. The minimum Gasteiger partial charge on any atom is -0.480 e. The van der Waals surface area contributed by atoms with Crippen molar-refractivity contribution in [3.05, 3.63) is 100 Å². The van der Waals surface area contributed by atoms with Crippen LogP contribution in [0.3, 0.4) is 0 Å². The van der Waals surface area contributed by atoms with Crippen molar-refractivity contribution in [1.82, 2.24) is 10.3 Å². The fraction of sp³-hybridized carbons (Fsp3) is 0.0800. The fourth-order valence-corrected chi connectivity index (χ4v) is 4.04. The Labute approximate surface area is 194 Å². The minimum absolute atomic E-state index is 0.141. The van der Waals surface area contributed by atoms with Gasteiger partial charge in [-0.1, -0.05) is 59.6 Å². The van der Waals surface area contributed by atoms with Crippen LogP contribution < -0.4 is 5.32 Å². The number of hydrogen-bond acceptors (Lipinski definition) is 3. The van der Waals surface area contributed by atoms with Gasteiger partial charge in [-0.05, 0) is 48.0 Å². The number of aromatic nitrogens is 1. The zero-order chi connectivity index (χ0) is 22.7. The summed E-state index contributed by atoms with van der Waals surface area (Å²) in [6.07, 6.45) is 0.141. The number of fused-ring (bicyclic) bond motifs is 1. The first-order chi connectivity index (χ1) is 15.4. The molecule has 5 nitrogen and oxygen atoms in total. The summed E-state index contributed by atoms with van der Waals surface area (Å²) < 4.78 is 0. The Morgan fingerprint density at radius 1 is 0.906 bits per heavy atom. The largest absolute Gasteiger partial charge is 0.480 e. The maximum Gasteiger partial charge on any atom is 0.326 e. The smallest absolute Gasteiger partial charge is 0.326 e. The molecule has 0 fully saturated rings. The van der Waals surface area contributed by atoms with Gasteiger partial charge in [-0.2, -0.15) is 0 Å². The van der Waals surface area contributed by atoms with Crippen molar-refractivity contribution >= 4 is 46.0 Å². The Hall–Kier alpha value is -3.41. The second-order valence-corrected chi connectivity index (χ2v) is 8.07. The van der Waals surface area contributed by atoms with E-state index in [4.69, 9.17) is 23.2 Å². The molecule has 4 rings (SSSR count). The normalized spacial score (nSPS) is 11.8. The molecule has 3 aromatic carbocycles. The van der Waals surface area contributed by atoms with E-state index in [0.29, 0.717) is 26.9 Å². The summed E-state index contributed by atoms with van der Waals surface area (Å²) in [5, 5.41) is 14.1. The minimum atomic E-state index is -1.10. The first kappa shape index (κ1) is 21.8. The molecule has 0 spiro atoms. The highest BCUT2D eigenvalue weighted by Crippen LogP contribution is 2.34. The highest BCUT2D eigenvalue weighted by molar-refractivity contribution is 6.39. The predicted octanol–water partition coefficient (Wildman–Crippen LogP) is 5.63. The number of carbonyl (C=O) groups excluding carboxylic acids is 1. The molecule has 0 aliphatic rings. The Balaban J connectivity index is 1.57. The van der Waals surface area contributed by atoms with Gasteiger partial charge in [0.1, 0.15) is 6.04 Å². The number of benzene rings is 3. The molecule has 32 heavy (non-hydrogen) atoms. The van der Waals surface area contributed by atoms with Gasteiger partial charge >= 0.3 is 5.97 Å². The van der Waals surface area contributed by atoms with Gasteiger partial charge in [0.05, 0.1) is 21.3 Å². The standard InChI is InChI=1S/C25H18Cl2N2O3/c26-18-7-4-8-19(27)23(18)21-12-10-17-13-15(9-11-20(17)28-21)14-22(25(31)32)29-24(30)16-5-2-1-3-6-16/h1-13,22H,14H2,(H,29,30)(H,31,32). The van der Waals surface area contributed by atoms with Crippen LogP contribution in [0.25, 0.3) is 22.2 Å². The average Bonchev–Trinajstić information content (AvgIpc) is 2.79. The third kappa shape index (κ3) is 4.74. The number of carboxylic acid groups (broad SMARTS) is 1. The summed E-state index contributed by atoms with van der Waals surface area (Å²) in [7, 11) is 0. The summed E-state index contributed by atoms with van der Waals surface area (Å²) in [5.74, 6) is -1.53. The highest BCUT2D eigenvalue weighted by atomic mass is 35.5. The topological polar surface area (TPSA) is 79.3 Å². The van der Waals surface area contributed by atoms with Crippen molar-refractivity contribution in [2.75, 3.05) is 0 Å². The number of hydrogen-bond donors (Lipinski definition) is 2. The lowest BCUT2D eigenvalue weighted by atomic mass is 10.0. The highest BCUT2D eigenvalue weighted by Gasteiger charge is 2.21. The van der Waals surface area contributed by atoms with E-state index < -0.39 is 17.9 Å². The summed E-state index contributed by atoms with van der Waals surface area (Å²) in [6.45, 7) is 0. The van der Waals surface area contributed by atoms with Gasteiger partial charge in [0.25, 0.3) is 5.91 Å². The lowest BCUT2D eigenvalue weighted by Gasteiger charge is -2.15. The number of carbonyl (C=O) groups is 2. The second-order valence-electron chi connectivity index (χ2n) is 7.25. The molecule has 4 aromatic rings. The Bertz CT molecular complexity index is 1290. The summed E-state index contributed by atoms with van der Waals surface area (Å²) in [5.41, 5.74) is 3.22. The van der Waals surface area contributed by atoms with Crippen molar-refractivity contribution in [3.63, 3.8) is 0 Å². The molecule has 0 aliphatic heterocycles. The van der Waals surface area contributed by atoms with Gasteiger partial charge in [-0.15, -0.1) is 0 Å². The summed E-state index contributed by atoms with van der Waals surface area (Å²) >= 11 is 12.6. The average molecular weight is 465 g/mol. The molecule has 1 atom stereocenters. The maximum absolute atomic E-state index is 12.4. The van der Waals surface area contributed by atoms with Gasteiger partial charge in [0, 0.05) is 22.9 Å². The number of nitrogens with one attached hydrogen (secondary N) is 1. The second kappa shape index (κ2) is 9.39. The Morgan fingerprint density at radius 2 is 1.62 bits per heavy atom. The van der Waals surface area contributed by atoms with E-state index in [1.165, 1.54) is 0 Å². The molecule has 1 unspecified atom stereocenters. The number of rotatable bonds is 6. The lowest BCUT2D eigenvalue weighted by molar-refractivity contribution is -0.139. The van der Waals surface area contributed by atoms with Crippen LogP contribution in [0.5, 0.6) is 0 Å². The van der Waals surface area contributed by atoms with Crippen LogP contribution in [0, 0.1) is 0 Å². The van der Waals surface area contributed by atoms with E-state index in [2.05, 4.69) is 10.3 Å². The van der Waals surface area contributed by atoms with Crippen LogP contribution in [-0.2, 0) is 11.2 Å². The third-order valence-electron chi connectivity index (χ3n) is 5.05. The molecule has 160 valence electrons. The van der Waals surface area contributed by atoms with Crippen molar-refractivity contribution in [2.45, 2.75) is 12.5 Å². The van der Waals surface area contributed by atoms with Crippen molar-refractivity contribution < 1.29 is 14.7 Å². The summed E-state index contributed by atoms with van der Waals surface area (Å²) in [6, 6.07) is 21.9. The number of aliphatic carboxylic acids is 1. The van der Waals surface area contributed by atoms with Crippen molar-refractivity contribution in [2.24, 2.45) is 0 Å². The van der Waals surface area contributed by atoms with Gasteiger partial charge in [0.2, 0.25) is 0 Å². The maximum atomic E-state index is 12.4. The van der Waals surface area contributed by atoms with Gasteiger partial charge in [-0.25, -0.2) is 9.78 Å². The van der Waals surface area contributed by atoms with E-state index in [9.17, 15) is 14.7 Å². The summed E-state index contributed by atoms with van der Waals surface area (Å²) in [4.78, 5) is 28.8. The molecular weight excluding hydrogens is 447 g/mol. The first-order valence-electron chi connectivity index (χ1n) is 9.85. The molecular formula is C25H18Cl2N2O3. The molecule has 1 amide bonds. The van der Waals surface area contributed by atoms with Crippen molar-refractivity contribution in [1.29, 1.82) is 0 Å². The molecule has 0 radical (unpaired) electrons. The number of carboxylic acids is 1. The van der Waals surface area contributed by atoms with Crippen LogP contribution in [0.15, 0.2) is 78.9 Å². The van der Waals surface area contributed by atoms with Gasteiger partial charge in [0.15, 0.2) is 0 Å². The van der Waals surface area contributed by atoms with E-state index in [1.807, 2.05) is 24.3 Å².